The third-order valence-corrected chi connectivity index (χ3v) is 6.54. The molecule has 1 atom stereocenters. The van der Waals surface area contributed by atoms with Crippen LogP contribution in [-0.2, 0) is 4.79 Å². The van der Waals surface area contributed by atoms with Crippen LogP contribution in [0.4, 0.5) is 0 Å². The molecule has 180 valence electrons. The Balaban J connectivity index is 3.24. The highest BCUT2D eigenvalue weighted by molar-refractivity contribution is 5.69. The molecule has 0 aliphatic rings. The number of likely N-dealkylation sites (N-methyl/N-ethyl adjacent to an activating group) is 1. The summed E-state index contributed by atoms with van der Waals surface area (Å²) in [6.45, 7) is 2.29. The first kappa shape index (κ1) is 29.4. The van der Waals surface area contributed by atoms with Crippen molar-refractivity contribution in [1.29, 1.82) is 0 Å². The zero-order chi connectivity index (χ0) is 22.5. The molecule has 0 spiro atoms. The number of hydrogen-bond donors (Lipinski definition) is 0. The zero-order valence-electron chi connectivity index (χ0n) is 21.2. The van der Waals surface area contributed by atoms with Gasteiger partial charge in [0.05, 0.1) is 27.1 Å². The molecule has 0 saturated heterocycles. The van der Waals surface area contributed by atoms with Gasteiger partial charge in [-0.25, -0.2) is 0 Å². The molecule has 0 aromatic carbocycles. The fraction of sp³-hybridized carbons (Fsp3) is 0.963. The Bertz CT molecular complexity index is 376. The first-order valence-corrected chi connectivity index (χ1v) is 13.4. The molecule has 0 fully saturated rings. The van der Waals surface area contributed by atoms with Crippen LogP contribution in [0.5, 0.6) is 0 Å². The van der Waals surface area contributed by atoms with Crippen LogP contribution in [0, 0.1) is 0 Å². The molecule has 0 bridgehead atoms. The molecular weight excluding hydrogens is 370 g/mol. The lowest BCUT2D eigenvalue weighted by Gasteiger charge is -2.34. The standard InChI is InChI=1S/C27H55NO2/c1-5-6-7-8-9-10-11-12-13-14-15-16-17-18-19-20-21-22-23-24-25-26(27(29)30)28(2,3)4/h26H,5-25H2,1-4H3. The lowest BCUT2D eigenvalue weighted by molar-refractivity contribution is -0.889. The van der Waals surface area contributed by atoms with E-state index in [1.165, 1.54) is 116 Å². The minimum atomic E-state index is -0.902. The number of carboxylic acid groups (broad SMARTS) is 1. The van der Waals surface area contributed by atoms with E-state index < -0.39 is 5.97 Å². The highest BCUT2D eigenvalue weighted by atomic mass is 16.4. The van der Waals surface area contributed by atoms with Gasteiger partial charge in [0.1, 0.15) is 6.04 Å². The number of quaternary nitrogens is 1. The van der Waals surface area contributed by atoms with Gasteiger partial charge in [-0.3, -0.25) is 0 Å². The molecule has 0 amide bonds. The second-order valence-electron chi connectivity index (χ2n) is 10.5. The molecule has 0 aliphatic carbocycles. The van der Waals surface area contributed by atoms with Crippen LogP contribution in [0.3, 0.4) is 0 Å². The van der Waals surface area contributed by atoms with Gasteiger partial charge in [0.25, 0.3) is 0 Å². The molecule has 0 aromatic rings. The van der Waals surface area contributed by atoms with E-state index in [0.29, 0.717) is 4.48 Å². The molecule has 0 radical (unpaired) electrons. The summed E-state index contributed by atoms with van der Waals surface area (Å²) in [5, 5.41) is 11.3. The highest BCUT2D eigenvalue weighted by Gasteiger charge is 2.24. The largest absolute Gasteiger partial charge is 0.544 e. The number of nitrogens with zero attached hydrogens (tertiary/aromatic N) is 1. The molecule has 0 saturated carbocycles. The van der Waals surface area contributed by atoms with Gasteiger partial charge in [0.15, 0.2) is 0 Å². The van der Waals surface area contributed by atoms with Gasteiger partial charge in [-0.05, 0) is 6.42 Å². The monoisotopic (exact) mass is 425 g/mol. The summed E-state index contributed by atoms with van der Waals surface area (Å²) in [5.74, 6) is -0.902. The maximum Gasteiger partial charge on any atom is 0.129 e. The van der Waals surface area contributed by atoms with Crippen LogP contribution in [0.25, 0.3) is 0 Å². The molecule has 0 aromatic heterocycles. The van der Waals surface area contributed by atoms with E-state index >= 15 is 0 Å². The Morgan fingerprint density at radius 1 is 0.567 bits per heavy atom. The minimum Gasteiger partial charge on any atom is -0.544 e. The van der Waals surface area contributed by atoms with E-state index in [4.69, 9.17) is 0 Å². The van der Waals surface area contributed by atoms with E-state index in [2.05, 4.69) is 6.92 Å². The van der Waals surface area contributed by atoms with Crippen LogP contribution in [0.2, 0.25) is 0 Å². The van der Waals surface area contributed by atoms with E-state index in [1.807, 2.05) is 21.1 Å². The quantitative estimate of drug-likeness (QED) is 0.130. The van der Waals surface area contributed by atoms with Crippen molar-refractivity contribution in [3.63, 3.8) is 0 Å². The molecule has 3 nitrogen and oxygen atoms in total. The molecular formula is C27H55NO2. The predicted octanol–water partition coefficient (Wildman–Crippen LogP) is 7.02. The highest BCUT2D eigenvalue weighted by Crippen LogP contribution is 2.16. The summed E-state index contributed by atoms with van der Waals surface area (Å²) in [6.07, 6.45) is 28.2. The van der Waals surface area contributed by atoms with Crippen molar-refractivity contribution < 1.29 is 14.4 Å². The second-order valence-corrected chi connectivity index (χ2v) is 10.5. The molecule has 30 heavy (non-hydrogen) atoms. The molecule has 0 aliphatic heterocycles. The Labute approximate surface area is 189 Å². The summed E-state index contributed by atoms with van der Waals surface area (Å²) < 4.78 is 0.460. The van der Waals surface area contributed by atoms with Gasteiger partial charge < -0.3 is 14.4 Å². The summed E-state index contributed by atoms with van der Waals surface area (Å²) in [7, 11) is 5.82. The first-order valence-electron chi connectivity index (χ1n) is 13.4. The van der Waals surface area contributed by atoms with Crippen molar-refractivity contribution in [3.05, 3.63) is 0 Å². The van der Waals surface area contributed by atoms with Crippen LogP contribution in [0.1, 0.15) is 142 Å². The Morgan fingerprint density at radius 3 is 1.07 bits per heavy atom. The number of hydrogen-bond acceptors (Lipinski definition) is 2. The zero-order valence-corrected chi connectivity index (χ0v) is 21.2. The fourth-order valence-electron chi connectivity index (χ4n) is 4.41. The van der Waals surface area contributed by atoms with Gasteiger partial charge >= 0.3 is 0 Å². The second kappa shape index (κ2) is 20.3. The maximum absolute atomic E-state index is 11.3. The third kappa shape index (κ3) is 19.4. The average Bonchev–Trinajstić information content (AvgIpc) is 2.68. The van der Waals surface area contributed by atoms with Gasteiger partial charge in [0, 0.05) is 6.42 Å². The van der Waals surface area contributed by atoms with Crippen molar-refractivity contribution >= 4 is 5.97 Å². The Hall–Kier alpha value is -0.570. The maximum atomic E-state index is 11.3. The number of carboxylic acids is 1. The van der Waals surface area contributed by atoms with Crippen LogP contribution < -0.4 is 5.11 Å². The topological polar surface area (TPSA) is 40.1 Å². The number of unbranched alkanes of at least 4 members (excludes halogenated alkanes) is 19. The normalized spacial score (nSPS) is 12.9. The van der Waals surface area contributed by atoms with Gasteiger partial charge in [0.2, 0.25) is 0 Å². The number of carbonyl (C=O) groups excluding carboxylic acids is 1. The molecule has 0 heterocycles. The minimum absolute atomic E-state index is 0.374. The Kier molecular flexibility index (Phi) is 20.0. The molecule has 0 N–H and O–H groups in total. The van der Waals surface area contributed by atoms with Gasteiger partial charge in [-0.15, -0.1) is 0 Å². The number of aliphatic carboxylic acids is 1. The summed E-state index contributed by atoms with van der Waals surface area (Å²) in [4.78, 5) is 11.3. The van der Waals surface area contributed by atoms with E-state index in [1.54, 1.807) is 0 Å². The first-order chi connectivity index (χ1) is 14.4. The SMILES string of the molecule is CCCCCCCCCCCCCCCCCCCCCCC(C(=O)[O-])[N+](C)(C)C. The lowest BCUT2D eigenvalue weighted by Crippen LogP contribution is -2.54. The van der Waals surface area contributed by atoms with Crippen LogP contribution in [-0.4, -0.2) is 37.6 Å². The lowest BCUT2D eigenvalue weighted by atomic mass is 10.0. The van der Waals surface area contributed by atoms with Crippen molar-refractivity contribution in [2.45, 2.75) is 148 Å². The van der Waals surface area contributed by atoms with Crippen LogP contribution >= 0.6 is 0 Å². The number of rotatable bonds is 23. The average molecular weight is 426 g/mol. The van der Waals surface area contributed by atoms with E-state index in [-0.39, 0.29) is 6.04 Å². The molecule has 3 heteroatoms. The van der Waals surface area contributed by atoms with E-state index in [0.717, 1.165) is 19.3 Å². The van der Waals surface area contributed by atoms with Crippen LogP contribution in [0.15, 0.2) is 0 Å². The Morgan fingerprint density at radius 2 is 0.833 bits per heavy atom. The van der Waals surface area contributed by atoms with Gasteiger partial charge in [-0.1, -0.05) is 129 Å². The predicted molar refractivity (Wildman–Crippen MR) is 129 cm³/mol. The smallest absolute Gasteiger partial charge is 0.129 e. The summed E-state index contributed by atoms with van der Waals surface area (Å²) >= 11 is 0. The van der Waals surface area contributed by atoms with Crippen molar-refractivity contribution in [2.24, 2.45) is 0 Å². The molecule has 1 unspecified atom stereocenters. The van der Waals surface area contributed by atoms with E-state index in [9.17, 15) is 9.90 Å². The fourth-order valence-corrected chi connectivity index (χ4v) is 4.41. The summed E-state index contributed by atoms with van der Waals surface area (Å²) in [5.41, 5.74) is 0. The molecule has 0 rings (SSSR count). The van der Waals surface area contributed by atoms with Crippen molar-refractivity contribution in [3.8, 4) is 0 Å². The van der Waals surface area contributed by atoms with Crippen molar-refractivity contribution in [1.82, 2.24) is 0 Å². The number of carbonyl (C=O) groups is 1. The van der Waals surface area contributed by atoms with Crippen molar-refractivity contribution in [2.75, 3.05) is 21.1 Å². The van der Waals surface area contributed by atoms with Gasteiger partial charge in [-0.2, -0.15) is 0 Å². The third-order valence-electron chi connectivity index (χ3n) is 6.54. The summed E-state index contributed by atoms with van der Waals surface area (Å²) in [6, 6.07) is -0.374.